The van der Waals surface area contributed by atoms with E-state index >= 15 is 0 Å². The van der Waals surface area contributed by atoms with Crippen LogP contribution < -0.4 is 0 Å². The summed E-state index contributed by atoms with van der Waals surface area (Å²) in [5.41, 5.74) is -1.23. The summed E-state index contributed by atoms with van der Waals surface area (Å²) < 4.78 is 42.0. The van der Waals surface area contributed by atoms with E-state index in [1.54, 1.807) is 0 Å². The molecule has 6 heteroatoms. The molecule has 1 aromatic carbocycles. The van der Waals surface area contributed by atoms with E-state index in [1.165, 1.54) is 12.1 Å². The number of carbonyl (C=O) groups is 1. The molecule has 0 unspecified atom stereocenters. The highest BCUT2D eigenvalue weighted by Crippen LogP contribution is 2.36. The highest BCUT2D eigenvalue weighted by molar-refractivity contribution is 6.30. The van der Waals surface area contributed by atoms with Crippen molar-refractivity contribution in [1.82, 2.24) is 0 Å². The van der Waals surface area contributed by atoms with E-state index in [2.05, 4.69) is 4.74 Å². The maximum Gasteiger partial charge on any atom is 0.416 e. The van der Waals surface area contributed by atoms with Gasteiger partial charge >= 0.3 is 12.1 Å². The predicted octanol–water partition coefficient (Wildman–Crippen LogP) is 3.16. The number of carbonyl (C=O) groups excluding carboxylic acids is 1. The monoisotopic (exact) mass is 252 g/mol. The van der Waals surface area contributed by atoms with Gasteiger partial charge < -0.3 is 4.74 Å². The van der Waals surface area contributed by atoms with Gasteiger partial charge in [0.25, 0.3) is 0 Å². The van der Waals surface area contributed by atoms with Crippen molar-refractivity contribution >= 4 is 17.6 Å². The lowest BCUT2D eigenvalue weighted by molar-refractivity contribution is -0.142. The number of benzene rings is 1. The molecule has 88 valence electrons. The van der Waals surface area contributed by atoms with Crippen LogP contribution in [0.3, 0.4) is 0 Å². The normalized spacial score (nSPS) is 13.3. The second-order valence-electron chi connectivity index (χ2n) is 2.97. The first-order valence-electron chi connectivity index (χ1n) is 4.26. The van der Waals surface area contributed by atoms with Crippen molar-refractivity contribution in [2.75, 3.05) is 7.11 Å². The van der Waals surface area contributed by atoms with Crippen molar-refractivity contribution in [2.45, 2.75) is 11.6 Å². The number of esters is 1. The molecule has 0 fully saturated rings. The lowest BCUT2D eigenvalue weighted by atomic mass is 10.0. The lowest BCUT2D eigenvalue weighted by Gasteiger charge is -2.15. The molecule has 0 saturated heterocycles. The number of hydrogen-bond acceptors (Lipinski definition) is 2. The van der Waals surface area contributed by atoms with Crippen molar-refractivity contribution < 1.29 is 22.7 Å². The summed E-state index contributed by atoms with van der Waals surface area (Å²) in [6.45, 7) is 0. The molecule has 0 radical (unpaired) electrons. The van der Waals surface area contributed by atoms with Gasteiger partial charge in [-0.25, -0.2) is 0 Å². The second kappa shape index (κ2) is 4.74. The first kappa shape index (κ1) is 12.8. The summed E-state index contributed by atoms with van der Waals surface area (Å²) in [5.74, 6) is -0.918. The summed E-state index contributed by atoms with van der Waals surface area (Å²) in [6, 6.07) is 4.63. The molecule has 1 rings (SSSR count). The minimum atomic E-state index is -4.54. The van der Waals surface area contributed by atoms with Gasteiger partial charge in [0.15, 0.2) is 5.38 Å². The van der Waals surface area contributed by atoms with Crippen LogP contribution in [0, 0.1) is 0 Å². The van der Waals surface area contributed by atoms with Gasteiger partial charge in [0, 0.05) is 0 Å². The smallest absolute Gasteiger partial charge is 0.416 e. The van der Waals surface area contributed by atoms with Gasteiger partial charge in [0.2, 0.25) is 0 Å². The Labute approximate surface area is 95.0 Å². The van der Waals surface area contributed by atoms with Gasteiger partial charge in [-0.15, -0.1) is 11.6 Å². The topological polar surface area (TPSA) is 26.3 Å². The Morgan fingerprint density at radius 2 is 1.94 bits per heavy atom. The van der Waals surface area contributed by atoms with Crippen molar-refractivity contribution in [1.29, 1.82) is 0 Å². The Balaban J connectivity index is 3.19. The zero-order valence-electron chi connectivity index (χ0n) is 8.22. The van der Waals surface area contributed by atoms with E-state index in [1.807, 2.05) is 0 Å². The third-order valence-corrected chi connectivity index (χ3v) is 2.36. The van der Waals surface area contributed by atoms with Gasteiger partial charge in [-0.2, -0.15) is 13.2 Å². The van der Waals surface area contributed by atoms with Gasteiger partial charge in [-0.3, -0.25) is 4.79 Å². The largest absolute Gasteiger partial charge is 0.468 e. The summed E-state index contributed by atoms with van der Waals surface area (Å²) in [5, 5.41) is -1.46. The standard InChI is InChI=1S/C10H8ClF3O2/c1-16-9(15)8(11)6-4-2-3-5-7(6)10(12,13)14/h2-5,8H,1H3/t8-/m0/s1. The Bertz CT molecular complexity index is 390. The van der Waals surface area contributed by atoms with E-state index < -0.39 is 23.1 Å². The number of rotatable bonds is 2. The number of halogens is 4. The van der Waals surface area contributed by atoms with Crippen LogP contribution in [-0.4, -0.2) is 13.1 Å². The van der Waals surface area contributed by atoms with Gasteiger partial charge in [-0.05, 0) is 11.6 Å². The molecule has 0 saturated carbocycles. The molecule has 0 N–H and O–H groups in total. The summed E-state index contributed by atoms with van der Waals surface area (Å²) in [6.07, 6.45) is -4.54. The zero-order chi connectivity index (χ0) is 12.3. The molecule has 0 heterocycles. The third kappa shape index (κ3) is 2.66. The molecule has 0 bridgehead atoms. The minimum absolute atomic E-state index is 0.302. The summed E-state index contributed by atoms with van der Waals surface area (Å²) >= 11 is 5.59. The average molecular weight is 253 g/mol. The maximum absolute atomic E-state index is 12.6. The molecule has 16 heavy (non-hydrogen) atoms. The number of ether oxygens (including phenoxy) is 1. The molecule has 0 aliphatic rings. The van der Waals surface area contributed by atoms with Gasteiger partial charge in [0.05, 0.1) is 12.7 Å². The fraction of sp³-hybridized carbons (Fsp3) is 0.300. The van der Waals surface area contributed by atoms with Crippen LogP contribution in [0.25, 0.3) is 0 Å². The minimum Gasteiger partial charge on any atom is -0.468 e. The first-order valence-corrected chi connectivity index (χ1v) is 4.69. The Kier molecular flexibility index (Phi) is 3.80. The Hall–Kier alpha value is -1.23. The maximum atomic E-state index is 12.6. The van der Waals surface area contributed by atoms with E-state index in [9.17, 15) is 18.0 Å². The number of methoxy groups -OCH3 is 1. The van der Waals surface area contributed by atoms with Crippen molar-refractivity contribution in [3.63, 3.8) is 0 Å². The zero-order valence-corrected chi connectivity index (χ0v) is 8.97. The van der Waals surface area contributed by atoms with E-state index in [0.29, 0.717) is 0 Å². The predicted molar refractivity (Wildman–Crippen MR) is 52.1 cm³/mol. The van der Waals surface area contributed by atoms with E-state index in [4.69, 9.17) is 11.6 Å². The highest BCUT2D eigenvalue weighted by atomic mass is 35.5. The van der Waals surface area contributed by atoms with E-state index in [0.717, 1.165) is 19.2 Å². The van der Waals surface area contributed by atoms with Crippen LogP contribution in [0.1, 0.15) is 16.5 Å². The van der Waals surface area contributed by atoms with Crippen LogP contribution in [0.4, 0.5) is 13.2 Å². The fourth-order valence-corrected chi connectivity index (χ4v) is 1.49. The third-order valence-electron chi connectivity index (χ3n) is 1.95. The molecule has 1 aromatic rings. The fourth-order valence-electron chi connectivity index (χ4n) is 1.21. The molecule has 2 nitrogen and oxygen atoms in total. The molecule has 0 aliphatic heterocycles. The van der Waals surface area contributed by atoms with Crippen LogP contribution in [-0.2, 0) is 15.7 Å². The number of hydrogen-bond donors (Lipinski definition) is 0. The average Bonchev–Trinajstić information content (AvgIpc) is 2.26. The molecule has 1 atom stereocenters. The van der Waals surface area contributed by atoms with Crippen LogP contribution in [0.15, 0.2) is 24.3 Å². The Morgan fingerprint density at radius 1 is 1.38 bits per heavy atom. The lowest BCUT2D eigenvalue weighted by Crippen LogP contribution is -2.15. The molecular formula is C10H8ClF3O2. The van der Waals surface area contributed by atoms with Crippen LogP contribution >= 0.6 is 11.6 Å². The van der Waals surface area contributed by atoms with Crippen LogP contribution in [0.5, 0.6) is 0 Å². The SMILES string of the molecule is COC(=O)[C@@H](Cl)c1ccccc1C(F)(F)F. The van der Waals surface area contributed by atoms with Crippen molar-refractivity contribution in [2.24, 2.45) is 0 Å². The molecule has 0 amide bonds. The first-order chi connectivity index (χ1) is 7.38. The molecule has 0 spiro atoms. The molecule has 0 aromatic heterocycles. The highest BCUT2D eigenvalue weighted by Gasteiger charge is 2.36. The summed E-state index contributed by atoms with van der Waals surface area (Å²) in [7, 11) is 1.06. The molecule has 0 aliphatic carbocycles. The summed E-state index contributed by atoms with van der Waals surface area (Å²) in [4.78, 5) is 11.1. The van der Waals surface area contributed by atoms with Crippen LogP contribution in [0.2, 0.25) is 0 Å². The molecular weight excluding hydrogens is 245 g/mol. The van der Waals surface area contributed by atoms with Crippen molar-refractivity contribution in [3.05, 3.63) is 35.4 Å². The van der Waals surface area contributed by atoms with Crippen molar-refractivity contribution in [3.8, 4) is 0 Å². The van der Waals surface area contributed by atoms with Gasteiger partial charge in [-0.1, -0.05) is 18.2 Å². The Morgan fingerprint density at radius 3 is 2.44 bits per heavy atom. The quantitative estimate of drug-likeness (QED) is 0.597. The van der Waals surface area contributed by atoms with Gasteiger partial charge in [0.1, 0.15) is 0 Å². The number of alkyl halides is 4. The second-order valence-corrected chi connectivity index (χ2v) is 3.41. The van der Waals surface area contributed by atoms with E-state index in [-0.39, 0.29) is 5.56 Å².